The van der Waals surface area contributed by atoms with Gasteiger partial charge < -0.3 is 4.90 Å². The molecule has 1 aliphatic heterocycles. The van der Waals surface area contributed by atoms with Gasteiger partial charge in [0.2, 0.25) is 5.91 Å². The van der Waals surface area contributed by atoms with Gasteiger partial charge in [-0.3, -0.25) is 4.79 Å². The molecule has 0 aromatic rings. The van der Waals surface area contributed by atoms with E-state index in [1.165, 1.54) is 12.8 Å². The maximum Gasteiger partial charge on any atom is 0.226 e. The highest BCUT2D eigenvalue weighted by Crippen LogP contribution is 2.27. The molecule has 1 fully saturated rings. The first kappa shape index (κ1) is 12.5. The molecule has 1 heterocycles. The lowest BCUT2D eigenvalue weighted by molar-refractivity contribution is -0.138. The van der Waals surface area contributed by atoms with Gasteiger partial charge in [-0.1, -0.05) is 27.2 Å². The highest BCUT2D eigenvalue weighted by molar-refractivity contribution is 5.79. The minimum atomic E-state index is 0.179. The van der Waals surface area contributed by atoms with Crippen LogP contribution in [-0.2, 0) is 4.79 Å². The van der Waals surface area contributed by atoms with Crippen LogP contribution >= 0.6 is 0 Å². The molecule has 0 radical (unpaired) electrons. The summed E-state index contributed by atoms with van der Waals surface area (Å²) >= 11 is 0. The predicted octanol–water partition coefficient (Wildman–Crippen LogP) is 3.07. The van der Waals surface area contributed by atoms with E-state index in [2.05, 4.69) is 39.5 Å². The summed E-state index contributed by atoms with van der Waals surface area (Å²) in [6, 6.07) is 0.887. The van der Waals surface area contributed by atoms with Crippen molar-refractivity contribution in [2.45, 2.75) is 66.0 Å². The van der Waals surface area contributed by atoms with Gasteiger partial charge in [-0.05, 0) is 32.6 Å². The summed E-state index contributed by atoms with van der Waals surface area (Å²) in [6.45, 7) is 10.8. The lowest BCUT2D eigenvalue weighted by Crippen LogP contribution is -2.43. The zero-order valence-corrected chi connectivity index (χ0v) is 10.8. The van der Waals surface area contributed by atoms with Crippen molar-refractivity contribution < 1.29 is 4.79 Å². The first-order chi connectivity index (χ1) is 6.99. The van der Waals surface area contributed by atoms with Crippen LogP contribution in [0, 0.1) is 11.8 Å². The minimum absolute atomic E-state index is 0.179. The van der Waals surface area contributed by atoms with Crippen LogP contribution in [0.15, 0.2) is 0 Å². The Balaban J connectivity index is 2.66. The van der Waals surface area contributed by atoms with E-state index in [0.29, 0.717) is 23.9 Å². The molecule has 0 aromatic carbocycles. The van der Waals surface area contributed by atoms with Crippen LogP contribution in [0.25, 0.3) is 0 Å². The molecule has 88 valence electrons. The molecule has 0 bridgehead atoms. The number of rotatable bonds is 3. The molecule has 0 N–H and O–H groups in total. The summed E-state index contributed by atoms with van der Waals surface area (Å²) in [5.41, 5.74) is 0. The summed E-state index contributed by atoms with van der Waals surface area (Å²) in [7, 11) is 0. The smallest absolute Gasteiger partial charge is 0.226 e. The van der Waals surface area contributed by atoms with Crippen LogP contribution in [0.3, 0.4) is 0 Å². The van der Waals surface area contributed by atoms with Gasteiger partial charge in [0.25, 0.3) is 0 Å². The van der Waals surface area contributed by atoms with Crippen LogP contribution in [0.1, 0.15) is 53.9 Å². The molecule has 0 aromatic heterocycles. The number of hydrogen-bond donors (Lipinski definition) is 0. The molecule has 0 saturated carbocycles. The van der Waals surface area contributed by atoms with E-state index in [9.17, 15) is 4.79 Å². The van der Waals surface area contributed by atoms with Crippen molar-refractivity contribution in [1.82, 2.24) is 4.90 Å². The largest absolute Gasteiger partial charge is 0.337 e. The van der Waals surface area contributed by atoms with Crippen molar-refractivity contribution in [3.8, 4) is 0 Å². The fourth-order valence-corrected chi connectivity index (χ4v) is 2.46. The second-order valence-electron chi connectivity index (χ2n) is 5.20. The second-order valence-corrected chi connectivity index (χ2v) is 5.20. The number of nitrogens with zero attached hydrogens (tertiary/aromatic N) is 1. The number of carbonyl (C=O) groups is 1. The van der Waals surface area contributed by atoms with Crippen LogP contribution in [0.5, 0.6) is 0 Å². The standard InChI is InChI=1S/C13H25NO/c1-6-9(2)12(5)13(15)14-10(3)7-8-11(14)4/h9-12H,6-8H2,1-5H3. The Bertz CT molecular complexity index is 217. The molecule has 4 atom stereocenters. The van der Waals surface area contributed by atoms with Crippen LogP contribution in [0.4, 0.5) is 0 Å². The quantitative estimate of drug-likeness (QED) is 0.702. The van der Waals surface area contributed by atoms with Gasteiger partial charge in [0.05, 0.1) is 0 Å². The van der Waals surface area contributed by atoms with E-state index in [0.717, 1.165) is 6.42 Å². The van der Waals surface area contributed by atoms with E-state index in [1.54, 1.807) is 0 Å². The Hall–Kier alpha value is -0.530. The fraction of sp³-hybridized carbons (Fsp3) is 0.923. The molecular weight excluding hydrogens is 186 g/mol. The average molecular weight is 211 g/mol. The Kier molecular flexibility index (Phi) is 4.18. The lowest BCUT2D eigenvalue weighted by atomic mass is 9.92. The second kappa shape index (κ2) is 5.00. The first-order valence-corrected chi connectivity index (χ1v) is 6.31. The van der Waals surface area contributed by atoms with E-state index < -0.39 is 0 Å². The van der Waals surface area contributed by atoms with Gasteiger partial charge in [0.1, 0.15) is 0 Å². The van der Waals surface area contributed by atoms with Gasteiger partial charge in [-0.2, -0.15) is 0 Å². The number of hydrogen-bond acceptors (Lipinski definition) is 1. The normalized spacial score (nSPS) is 30.3. The van der Waals surface area contributed by atoms with Crippen molar-refractivity contribution >= 4 is 5.91 Å². The summed E-state index contributed by atoms with van der Waals surface area (Å²) in [5.74, 6) is 1.04. The van der Waals surface area contributed by atoms with E-state index in [1.807, 2.05) is 0 Å². The Morgan fingerprint density at radius 1 is 1.27 bits per heavy atom. The minimum Gasteiger partial charge on any atom is -0.337 e. The van der Waals surface area contributed by atoms with Crippen molar-refractivity contribution in [3.05, 3.63) is 0 Å². The average Bonchev–Trinajstić information content (AvgIpc) is 2.55. The molecule has 1 amide bonds. The van der Waals surface area contributed by atoms with E-state index >= 15 is 0 Å². The highest BCUT2D eigenvalue weighted by atomic mass is 16.2. The molecule has 1 aliphatic rings. The zero-order valence-electron chi connectivity index (χ0n) is 10.8. The molecule has 1 rings (SSSR count). The Morgan fingerprint density at radius 3 is 2.13 bits per heavy atom. The molecule has 0 spiro atoms. The molecule has 1 saturated heterocycles. The number of carbonyl (C=O) groups excluding carboxylic acids is 1. The SMILES string of the molecule is CCC(C)C(C)C(=O)N1C(C)CCC1C. The number of likely N-dealkylation sites (tertiary alicyclic amines) is 1. The number of amides is 1. The third kappa shape index (κ3) is 2.53. The molecule has 2 heteroatoms. The zero-order chi connectivity index (χ0) is 11.6. The Labute approximate surface area is 94.0 Å². The summed E-state index contributed by atoms with van der Waals surface area (Å²) in [5, 5.41) is 0. The van der Waals surface area contributed by atoms with Gasteiger partial charge in [0.15, 0.2) is 0 Å². The molecule has 4 unspecified atom stereocenters. The predicted molar refractivity (Wildman–Crippen MR) is 63.6 cm³/mol. The summed E-state index contributed by atoms with van der Waals surface area (Å²) < 4.78 is 0. The van der Waals surface area contributed by atoms with Crippen molar-refractivity contribution in [2.24, 2.45) is 11.8 Å². The van der Waals surface area contributed by atoms with Crippen molar-refractivity contribution in [3.63, 3.8) is 0 Å². The summed E-state index contributed by atoms with van der Waals surface area (Å²) in [6.07, 6.45) is 3.42. The Morgan fingerprint density at radius 2 is 1.73 bits per heavy atom. The van der Waals surface area contributed by atoms with Crippen molar-refractivity contribution in [2.75, 3.05) is 0 Å². The van der Waals surface area contributed by atoms with Gasteiger partial charge in [-0.15, -0.1) is 0 Å². The fourth-order valence-electron chi connectivity index (χ4n) is 2.46. The molecule has 0 aliphatic carbocycles. The topological polar surface area (TPSA) is 20.3 Å². The van der Waals surface area contributed by atoms with Gasteiger partial charge in [-0.25, -0.2) is 0 Å². The third-order valence-electron chi connectivity index (χ3n) is 4.09. The molecule has 2 nitrogen and oxygen atoms in total. The first-order valence-electron chi connectivity index (χ1n) is 6.31. The van der Waals surface area contributed by atoms with Gasteiger partial charge in [0, 0.05) is 18.0 Å². The van der Waals surface area contributed by atoms with Crippen LogP contribution in [0.2, 0.25) is 0 Å². The van der Waals surface area contributed by atoms with E-state index in [-0.39, 0.29) is 5.92 Å². The third-order valence-corrected chi connectivity index (χ3v) is 4.09. The van der Waals surface area contributed by atoms with Crippen LogP contribution in [-0.4, -0.2) is 22.9 Å². The maximum atomic E-state index is 12.3. The maximum absolute atomic E-state index is 12.3. The molecular formula is C13H25NO. The van der Waals surface area contributed by atoms with Crippen molar-refractivity contribution in [1.29, 1.82) is 0 Å². The van der Waals surface area contributed by atoms with E-state index in [4.69, 9.17) is 0 Å². The molecule has 15 heavy (non-hydrogen) atoms. The van der Waals surface area contributed by atoms with Gasteiger partial charge >= 0.3 is 0 Å². The van der Waals surface area contributed by atoms with Crippen LogP contribution < -0.4 is 0 Å². The monoisotopic (exact) mass is 211 g/mol. The summed E-state index contributed by atoms with van der Waals surface area (Å²) in [4.78, 5) is 14.4. The highest BCUT2D eigenvalue weighted by Gasteiger charge is 2.34. The lowest BCUT2D eigenvalue weighted by Gasteiger charge is -2.31.